The lowest BCUT2D eigenvalue weighted by Gasteiger charge is -2.15. The first-order chi connectivity index (χ1) is 6.66. The van der Waals surface area contributed by atoms with Crippen molar-refractivity contribution in [1.29, 1.82) is 0 Å². The topological polar surface area (TPSA) is 20.3 Å². The molecule has 2 rings (SSSR count). The van der Waals surface area contributed by atoms with Crippen LogP contribution >= 0.6 is 15.9 Å². The Kier molecular flexibility index (Phi) is 2.59. The van der Waals surface area contributed by atoms with Crippen LogP contribution in [-0.2, 0) is 4.79 Å². The van der Waals surface area contributed by atoms with Crippen molar-refractivity contribution in [3.05, 3.63) is 28.7 Å². The second-order valence-corrected chi connectivity index (χ2v) is 4.71. The third-order valence-electron chi connectivity index (χ3n) is 2.46. The molecule has 0 aliphatic carbocycles. The van der Waals surface area contributed by atoms with Gasteiger partial charge in [-0.25, -0.2) is 0 Å². The van der Waals surface area contributed by atoms with Gasteiger partial charge in [0.25, 0.3) is 0 Å². The van der Waals surface area contributed by atoms with Crippen LogP contribution in [0.25, 0.3) is 0 Å². The summed E-state index contributed by atoms with van der Waals surface area (Å²) >= 11 is 3.38. The first kappa shape index (κ1) is 9.71. The lowest BCUT2D eigenvalue weighted by atomic mass is 10.2. The van der Waals surface area contributed by atoms with Gasteiger partial charge in [0, 0.05) is 23.1 Å². The van der Waals surface area contributed by atoms with Crippen molar-refractivity contribution in [2.45, 2.75) is 13.3 Å². The summed E-state index contributed by atoms with van der Waals surface area (Å²) in [6.07, 6.45) is 0.677. The zero-order valence-electron chi connectivity index (χ0n) is 8.03. The van der Waals surface area contributed by atoms with Gasteiger partial charge in [0.2, 0.25) is 5.91 Å². The number of hydrogen-bond acceptors (Lipinski definition) is 1. The minimum absolute atomic E-state index is 0.236. The molecule has 1 aliphatic heterocycles. The average Bonchev–Trinajstić information content (AvgIpc) is 2.47. The highest BCUT2D eigenvalue weighted by atomic mass is 79.9. The van der Waals surface area contributed by atoms with Crippen LogP contribution in [-0.4, -0.2) is 12.5 Å². The quantitative estimate of drug-likeness (QED) is 0.754. The fourth-order valence-corrected chi connectivity index (χ4v) is 2.02. The number of carbonyl (C=O) groups is 1. The Bertz CT molecular complexity index is 347. The normalized spacial score (nSPS) is 21.7. The molecular weight excluding hydrogens is 242 g/mol. The van der Waals surface area contributed by atoms with Gasteiger partial charge in [0.05, 0.1) is 0 Å². The molecule has 3 heteroatoms. The van der Waals surface area contributed by atoms with E-state index in [4.69, 9.17) is 0 Å². The Morgan fingerprint density at radius 1 is 1.36 bits per heavy atom. The van der Waals surface area contributed by atoms with Gasteiger partial charge in [0.1, 0.15) is 0 Å². The summed E-state index contributed by atoms with van der Waals surface area (Å²) in [4.78, 5) is 13.4. The molecule has 0 saturated carbocycles. The van der Waals surface area contributed by atoms with Crippen molar-refractivity contribution in [2.24, 2.45) is 5.92 Å². The van der Waals surface area contributed by atoms with Gasteiger partial charge in [-0.2, -0.15) is 0 Å². The minimum Gasteiger partial charge on any atom is -0.312 e. The molecule has 1 saturated heterocycles. The van der Waals surface area contributed by atoms with E-state index in [2.05, 4.69) is 22.9 Å². The molecule has 1 aliphatic rings. The second-order valence-electron chi connectivity index (χ2n) is 3.79. The van der Waals surface area contributed by atoms with Gasteiger partial charge in [0.15, 0.2) is 0 Å². The number of rotatable bonds is 1. The molecule has 14 heavy (non-hydrogen) atoms. The van der Waals surface area contributed by atoms with E-state index in [1.165, 1.54) is 0 Å². The summed E-state index contributed by atoms with van der Waals surface area (Å²) in [6.45, 7) is 2.96. The number of nitrogens with zero attached hydrogens (tertiary/aromatic N) is 1. The summed E-state index contributed by atoms with van der Waals surface area (Å²) in [5.41, 5.74) is 1.00. The monoisotopic (exact) mass is 253 g/mol. The molecule has 0 N–H and O–H groups in total. The van der Waals surface area contributed by atoms with Gasteiger partial charge in [-0.15, -0.1) is 0 Å². The molecule has 0 radical (unpaired) electrons. The number of amides is 1. The third kappa shape index (κ3) is 1.82. The summed E-state index contributed by atoms with van der Waals surface area (Å²) in [5, 5.41) is 0. The van der Waals surface area contributed by atoms with Crippen LogP contribution in [0.4, 0.5) is 5.69 Å². The highest BCUT2D eigenvalue weighted by molar-refractivity contribution is 9.10. The average molecular weight is 254 g/mol. The molecule has 0 unspecified atom stereocenters. The van der Waals surface area contributed by atoms with Crippen LogP contribution in [0.3, 0.4) is 0 Å². The first-order valence-electron chi connectivity index (χ1n) is 4.73. The zero-order valence-corrected chi connectivity index (χ0v) is 9.62. The van der Waals surface area contributed by atoms with Crippen molar-refractivity contribution in [2.75, 3.05) is 11.4 Å². The van der Waals surface area contributed by atoms with E-state index in [-0.39, 0.29) is 5.91 Å². The summed E-state index contributed by atoms with van der Waals surface area (Å²) < 4.78 is 1.04. The van der Waals surface area contributed by atoms with Gasteiger partial charge in [-0.1, -0.05) is 22.9 Å². The number of anilines is 1. The number of benzene rings is 1. The Morgan fingerprint density at radius 2 is 2.00 bits per heavy atom. The van der Waals surface area contributed by atoms with Crippen molar-refractivity contribution >= 4 is 27.5 Å². The minimum atomic E-state index is 0.236. The van der Waals surface area contributed by atoms with Crippen LogP contribution in [0.1, 0.15) is 13.3 Å². The summed E-state index contributed by atoms with van der Waals surface area (Å²) in [7, 11) is 0. The van der Waals surface area contributed by atoms with E-state index in [0.29, 0.717) is 12.3 Å². The van der Waals surface area contributed by atoms with Crippen molar-refractivity contribution in [1.82, 2.24) is 0 Å². The number of carbonyl (C=O) groups excluding carboxylic acids is 1. The lowest BCUT2D eigenvalue weighted by Crippen LogP contribution is -2.24. The molecule has 0 aromatic heterocycles. The molecule has 1 atom stereocenters. The van der Waals surface area contributed by atoms with Crippen LogP contribution in [0.15, 0.2) is 28.7 Å². The van der Waals surface area contributed by atoms with Gasteiger partial charge >= 0.3 is 0 Å². The highest BCUT2D eigenvalue weighted by Gasteiger charge is 2.27. The summed E-state index contributed by atoms with van der Waals surface area (Å²) in [5.74, 6) is 0.714. The maximum absolute atomic E-state index is 11.6. The first-order valence-corrected chi connectivity index (χ1v) is 5.52. The molecular formula is C11H12BrNO. The van der Waals surface area contributed by atoms with Crippen LogP contribution in [0.2, 0.25) is 0 Å². The predicted molar refractivity (Wildman–Crippen MR) is 60.3 cm³/mol. The van der Waals surface area contributed by atoms with Crippen LogP contribution in [0, 0.1) is 5.92 Å². The molecule has 1 heterocycles. The fraction of sp³-hybridized carbons (Fsp3) is 0.364. The zero-order chi connectivity index (χ0) is 10.1. The van der Waals surface area contributed by atoms with E-state index in [9.17, 15) is 4.79 Å². The van der Waals surface area contributed by atoms with Crippen LogP contribution < -0.4 is 4.90 Å². The van der Waals surface area contributed by atoms with Crippen LogP contribution in [0.5, 0.6) is 0 Å². The fourth-order valence-electron chi connectivity index (χ4n) is 1.76. The number of halogens is 1. The Balaban J connectivity index is 2.23. The highest BCUT2D eigenvalue weighted by Crippen LogP contribution is 2.25. The Hall–Kier alpha value is -0.830. The third-order valence-corrected chi connectivity index (χ3v) is 2.99. The SMILES string of the molecule is C[C@H]1CC(=O)N(c2ccc(Br)cc2)C1. The molecule has 0 bridgehead atoms. The van der Waals surface area contributed by atoms with E-state index in [1.54, 1.807) is 0 Å². The Labute approximate surface area is 92.0 Å². The van der Waals surface area contributed by atoms with E-state index >= 15 is 0 Å². The predicted octanol–water partition coefficient (Wildman–Crippen LogP) is 2.82. The molecule has 1 fully saturated rings. The standard InChI is InChI=1S/C11H12BrNO/c1-8-6-11(14)13(7-8)10-4-2-9(12)3-5-10/h2-5,8H,6-7H2,1H3/t8-/m0/s1. The largest absolute Gasteiger partial charge is 0.312 e. The molecule has 1 aromatic rings. The molecule has 1 amide bonds. The van der Waals surface area contributed by atoms with E-state index in [0.717, 1.165) is 16.7 Å². The van der Waals surface area contributed by atoms with E-state index in [1.807, 2.05) is 29.2 Å². The molecule has 2 nitrogen and oxygen atoms in total. The smallest absolute Gasteiger partial charge is 0.227 e. The van der Waals surface area contributed by atoms with Crippen molar-refractivity contribution in [3.63, 3.8) is 0 Å². The second kappa shape index (κ2) is 3.73. The van der Waals surface area contributed by atoms with Gasteiger partial charge < -0.3 is 4.90 Å². The van der Waals surface area contributed by atoms with Crippen molar-refractivity contribution < 1.29 is 4.79 Å². The number of hydrogen-bond donors (Lipinski definition) is 0. The maximum Gasteiger partial charge on any atom is 0.227 e. The summed E-state index contributed by atoms with van der Waals surface area (Å²) in [6, 6.07) is 7.87. The van der Waals surface area contributed by atoms with Gasteiger partial charge in [-0.3, -0.25) is 4.79 Å². The maximum atomic E-state index is 11.6. The van der Waals surface area contributed by atoms with E-state index < -0.39 is 0 Å². The van der Waals surface area contributed by atoms with Gasteiger partial charge in [-0.05, 0) is 30.2 Å². The molecule has 0 spiro atoms. The van der Waals surface area contributed by atoms with Crippen molar-refractivity contribution in [3.8, 4) is 0 Å². The molecule has 74 valence electrons. The lowest BCUT2D eigenvalue weighted by molar-refractivity contribution is -0.117. The Morgan fingerprint density at radius 3 is 2.50 bits per heavy atom. The molecule has 1 aromatic carbocycles.